The van der Waals surface area contributed by atoms with Crippen LogP contribution in [-0.4, -0.2) is 60.3 Å². The second-order valence-electron chi connectivity index (χ2n) is 6.27. The number of piperidine rings is 1. The average molecular weight is 274 g/mol. The molecule has 20 heavy (non-hydrogen) atoms. The maximum absolute atomic E-state index is 9.54. The van der Waals surface area contributed by atoms with E-state index in [1.54, 1.807) is 0 Å². The van der Waals surface area contributed by atoms with Crippen molar-refractivity contribution in [1.82, 2.24) is 9.80 Å². The van der Waals surface area contributed by atoms with E-state index in [0.717, 1.165) is 38.5 Å². The van der Waals surface area contributed by atoms with Gasteiger partial charge in [0.05, 0.1) is 6.10 Å². The summed E-state index contributed by atoms with van der Waals surface area (Å²) in [6.45, 7) is 6.66. The highest BCUT2D eigenvalue weighted by atomic mass is 16.3. The first-order valence-corrected chi connectivity index (χ1v) is 7.99. The summed E-state index contributed by atoms with van der Waals surface area (Å²) >= 11 is 0. The molecule has 2 fully saturated rings. The van der Waals surface area contributed by atoms with Gasteiger partial charge >= 0.3 is 0 Å². The summed E-state index contributed by atoms with van der Waals surface area (Å²) in [6, 6.07) is 10.9. The van der Waals surface area contributed by atoms with Gasteiger partial charge in [-0.2, -0.15) is 0 Å². The van der Waals surface area contributed by atoms with Crippen LogP contribution >= 0.6 is 0 Å². The van der Waals surface area contributed by atoms with Gasteiger partial charge in [-0.1, -0.05) is 30.3 Å². The topological polar surface area (TPSA) is 26.7 Å². The maximum atomic E-state index is 9.54. The molecular weight excluding hydrogens is 248 g/mol. The lowest BCUT2D eigenvalue weighted by molar-refractivity contribution is 0.158. The van der Waals surface area contributed by atoms with E-state index in [0.29, 0.717) is 0 Å². The third kappa shape index (κ3) is 3.60. The average Bonchev–Trinajstić information content (AvgIpc) is 2.92. The molecule has 110 valence electrons. The first-order valence-electron chi connectivity index (χ1n) is 7.99. The highest BCUT2D eigenvalue weighted by Crippen LogP contribution is 2.27. The zero-order chi connectivity index (χ0) is 13.8. The van der Waals surface area contributed by atoms with Crippen LogP contribution in [0.2, 0.25) is 0 Å². The van der Waals surface area contributed by atoms with Crippen LogP contribution in [0, 0.1) is 0 Å². The summed E-state index contributed by atoms with van der Waals surface area (Å²) in [7, 11) is 0. The molecule has 0 bridgehead atoms. The van der Waals surface area contributed by atoms with Gasteiger partial charge in [0.15, 0.2) is 0 Å². The third-order valence-electron chi connectivity index (χ3n) is 4.84. The Labute approximate surface area is 122 Å². The normalized spacial score (nSPS) is 26.1. The number of hydrogen-bond donors (Lipinski definition) is 1. The zero-order valence-electron chi connectivity index (χ0n) is 12.2. The lowest BCUT2D eigenvalue weighted by Crippen LogP contribution is -2.39. The zero-order valence-corrected chi connectivity index (χ0v) is 12.2. The van der Waals surface area contributed by atoms with Gasteiger partial charge < -0.3 is 10.0 Å². The van der Waals surface area contributed by atoms with Gasteiger partial charge in [-0.05, 0) is 43.8 Å². The lowest BCUT2D eigenvalue weighted by atomic mass is 9.89. The molecule has 2 saturated heterocycles. The first kappa shape index (κ1) is 14.1. The van der Waals surface area contributed by atoms with Crippen molar-refractivity contribution in [3.63, 3.8) is 0 Å². The molecule has 1 atom stereocenters. The van der Waals surface area contributed by atoms with E-state index in [9.17, 15) is 5.11 Å². The van der Waals surface area contributed by atoms with Crippen molar-refractivity contribution in [3.8, 4) is 0 Å². The van der Waals surface area contributed by atoms with Gasteiger partial charge in [-0.25, -0.2) is 0 Å². The SMILES string of the molecule is O[C@H]1CCN(CCN2CCC(c3ccccc3)CC2)C1. The van der Waals surface area contributed by atoms with Crippen LogP contribution in [0.4, 0.5) is 0 Å². The number of rotatable bonds is 4. The highest BCUT2D eigenvalue weighted by molar-refractivity contribution is 5.19. The van der Waals surface area contributed by atoms with Crippen LogP contribution in [-0.2, 0) is 0 Å². The minimum Gasteiger partial charge on any atom is -0.392 e. The first-order chi connectivity index (χ1) is 9.81. The smallest absolute Gasteiger partial charge is 0.0679 e. The van der Waals surface area contributed by atoms with Crippen molar-refractivity contribution in [1.29, 1.82) is 0 Å². The Balaban J connectivity index is 1.40. The minimum absolute atomic E-state index is 0.0844. The number of hydrogen-bond acceptors (Lipinski definition) is 3. The predicted molar refractivity (Wildman–Crippen MR) is 81.9 cm³/mol. The number of likely N-dealkylation sites (tertiary alicyclic amines) is 2. The van der Waals surface area contributed by atoms with E-state index in [-0.39, 0.29) is 6.10 Å². The van der Waals surface area contributed by atoms with Crippen molar-refractivity contribution < 1.29 is 5.11 Å². The van der Waals surface area contributed by atoms with Gasteiger partial charge in [0.1, 0.15) is 0 Å². The van der Waals surface area contributed by atoms with Crippen LogP contribution in [0.25, 0.3) is 0 Å². The van der Waals surface area contributed by atoms with E-state index in [4.69, 9.17) is 0 Å². The predicted octanol–water partition coefficient (Wildman–Crippen LogP) is 1.93. The summed E-state index contributed by atoms with van der Waals surface area (Å²) in [6.07, 6.45) is 3.44. The summed E-state index contributed by atoms with van der Waals surface area (Å²) in [5.74, 6) is 0.751. The van der Waals surface area contributed by atoms with Crippen LogP contribution in [0.1, 0.15) is 30.7 Å². The Morgan fingerprint density at radius 2 is 1.55 bits per heavy atom. The molecule has 2 aliphatic heterocycles. The molecule has 0 radical (unpaired) electrons. The van der Waals surface area contributed by atoms with Crippen molar-refractivity contribution in [2.75, 3.05) is 39.3 Å². The second kappa shape index (κ2) is 6.70. The van der Waals surface area contributed by atoms with Gasteiger partial charge in [-0.3, -0.25) is 4.90 Å². The quantitative estimate of drug-likeness (QED) is 0.909. The summed E-state index contributed by atoms with van der Waals surface area (Å²) in [5, 5.41) is 9.54. The molecule has 2 heterocycles. The fraction of sp³-hybridized carbons (Fsp3) is 0.647. The Morgan fingerprint density at radius 1 is 0.900 bits per heavy atom. The van der Waals surface area contributed by atoms with Gasteiger partial charge in [-0.15, -0.1) is 0 Å². The van der Waals surface area contributed by atoms with Crippen LogP contribution in [0.5, 0.6) is 0 Å². The summed E-state index contributed by atoms with van der Waals surface area (Å²) in [4.78, 5) is 4.98. The minimum atomic E-state index is -0.0844. The number of aliphatic hydroxyl groups is 1. The van der Waals surface area contributed by atoms with E-state index in [1.165, 1.54) is 31.5 Å². The van der Waals surface area contributed by atoms with Crippen LogP contribution < -0.4 is 0 Å². The van der Waals surface area contributed by atoms with E-state index < -0.39 is 0 Å². The van der Waals surface area contributed by atoms with Crippen LogP contribution in [0.15, 0.2) is 30.3 Å². The van der Waals surface area contributed by atoms with E-state index in [1.807, 2.05) is 0 Å². The van der Waals surface area contributed by atoms with Gasteiger partial charge in [0.2, 0.25) is 0 Å². The molecule has 2 aliphatic rings. The maximum Gasteiger partial charge on any atom is 0.0679 e. The Kier molecular flexibility index (Phi) is 4.71. The monoisotopic (exact) mass is 274 g/mol. The molecule has 0 aromatic heterocycles. The molecule has 0 saturated carbocycles. The van der Waals surface area contributed by atoms with Crippen LogP contribution in [0.3, 0.4) is 0 Å². The molecule has 1 aromatic carbocycles. The number of aliphatic hydroxyl groups excluding tert-OH is 1. The summed E-state index contributed by atoms with van der Waals surface area (Å²) in [5.41, 5.74) is 1.51. The molecule has 3 heteroatoms. The lowest BCUT2D eigenvalue weighted by Gasteiger charge is -2.33. The number of β-amino-alcohol motifs (C(OH)–C–C–N with tert-alkyl or cyclic N) is 1. The van der Waals surface area contributed by atoms with Crippen molar-refractivity contribution in [2.24, 2.45) is 0 Å². The molecule has 1 N–H and O–H groups in total. The van der Waals surface area contributed by atoms with Gasteiger partial charge in [0.25, 0.3) is 0 Å². The number of benzene rings is 1. The molecular formula is C17H26N2O. The second-order valence-corrected chi connectivity index (χ2v) is 6.27. The number of nitrogens with zero attached hydrogens (tertiary/aromatic N) is 2. The van der Waals surface area contributed by atoms with Crippen molar-refractivity contribution in [3.05, 3.63) is 35.9 Å². The Morgan fingerprint density at radius 3 is 2.20 bits per heavy atom. The van der Waals surface area contributed by atoms with Gasteiger partial charge in [0, 0.05) is 26.2 Å². The molecule has 3 rings (SSSR count). The van der Waals surface area contributed by atoms with Crippen molar-refractivity contribution >= 4 is 0 Å². The highest BCUT2D eigenvalue weighted by Gasteiger charge is 2.23. The summed E-state index contributed by atoms with van der Waals surface area (Å²) < 4.78 is 0. The molecule has 3 nitrogen and oxygen atoms in total. The third-order valence-corrected chi connectivity index (χ3v) is 4.84. The standard InChI is InChI=1S/C17H26N2O/c20-17-8-11-19(14-17)13-12-18-9-6-16(7-10-18)15-4-2-1-3-5-15/h1-5,16-17,20H,6-14H2/t17-/m0/s1. The molecule has 1 aromatic rings. The largest absolute Gasteiger partial charge is 0.392 e. The Hall–Kier alpha value is -0.900. The molecule has 0 amide bonds. The Bertz CT molecular complexity index is 401. The van der Waals surface area contributed by atoms with E-state index in [2.05, 4.69) is 40.1 Å². The van der Waals surface area contributed by atoms with E-state index >= 15 is 0 Å². The van der Waals surface area contributed by atoms with Crippen molar-refractivity contribution in [2.45, 2.75) is 31.3 Å². The molecule has 0 unspecified atom stereocenters. The fourth-order valence-electron chi connectivity index (χ4n) is 3.51. The molecule has 0 spiro atoms. The fourth-order valence-corrected chi connectivity index (χ4v) is 3.51. The molecule has 0 aliphatic carbocycles.